The van der Waals surface area contributed by atoms with Crippen LogP contribution in [0.2, 0.25) is 0 Å². The Balaban J connectivity index is 0.000000138. The Morgan fingerprint density at radius 1 is 0.152 bits per heavy atom. The SMILES string of the molecule is c1ccc2c(c1)cc(-c1cc3c(-c4cc5ccccc5c5ccccc45)cc(-c4ccc(-c5ccnc6ccccc56)cc4)nc3c3ccccc13)c1ccccc12.c1ccc2c(c1)cc(-c1cc3c(-c4cc5ccccc5c5ccccc45)cc(-c4ccc(-c5ccncc5)cc4)nc3c3ccccc13)c1ccccc12. The van der Waals surface area contributed by atoms with E-state index in [1.54, 1.807) is 0 Å². The molecule has 4 heterocycles. The van der Waals surface area contributed by atoms with E-state index < -0.39 is 0 Å². The molecule has 19 aromatic carbocycles. The third kappa shape index (κ3) is 10.7. The van der Waals surface area contributed by atoms with Gasteiger partial charge in [0.25, 0.3) is 0 Å². The maximum Gasteiger partial charge on any atom is 0.0794 e. The Morgan fingerprint density at radius 3 is 0.795 bits per heavy atom. The topological polar surface area (TPSA) is 51.6 Å². The summed E-state index contributed by atoms with van der Waals surface area (Å²) >= 11 is 0. The third-order valence-corrected chi connectivity index (χ3v) is 23.2. The van der Waals surface area contributed by atoms with Crippen molar-refractivity contribution in [2.75, 3.05) is 0 Å². The largest absolute Gasteiger partial charge is 0.265 e. The molecule has 4 heteroatoms. The van der Waals surface area contributed by atoms with Crippen LogP contribution < -0.4 is 0 Å². The summed E-state index contributed by atoms with van der Waals surface area (Å²) in [5.74, 6) is 0. The van der Waals surface area contributed by atoms with Gasteiger partial charge in [-0.1, -0.05) is 309 Å². The fourth-order valence-electron chi connectivity index (χ4n) is 17.9. The van der Waals surface area contributed by atoms with Crippen molar-refractivity contribution < 1.29 is 0 Å². The fourth-order valence-corrected chi connectivity index (χ4v) is 17.9. The summed E-state index contributed by atoms with van der Waals surface area (Å²) in [6.45, 7) is 0. The molecule has 0 aliphatic heterocycles. The molecular formula is C108H66N4. The van der Waals surface area contributed by atoms with Crippen LogP contribution in [0.1, 0.15) is 0 Å². The van der Waals surface area contributed by atoms with E-state index in [4.69, 9.17) is 9.97 Å². The minimum Gasteiger partial charge on any atom is -0.265 e. The minimum atomic E-state index is 0.944. The summed E-state index contributed by atoms with van der Waals surface area (Å²) in [5.41, 5.74) is 21.3. The summed E-state index contributed by atoms with van der Waals surface area (Å²) in [4.78, 5) is 20.0. The highest BCUT2D eigenvalue weighted by atomic mass is 14.7. The van der Waals surface area contributed by atoms with E-state index in [-0.39, 0.29) is 0 Å². The van der Waals surface area contributed by atoms with Crippen molar-refractivity contribution in [2.24, 2.45) is 0 Å². The molecule has 0 aliphatic carbocycles. The second-order valence-corrected chi connectivity index (χ2v) is 29.4. The highest BCUT2D eigenvalue weighted by Gasteiger charge is 2.24. The molecule has 0 saturated heterocycles. The summed E-state index contributed by atoms with van der Waals surface area (Å²) in [5, 5.41) is 28.0. The van der Waals surface area contributed by atoms with Crippen molar-refractivity contribution in [3.8, 4) is 89.3 Å². The first kappa shape index (κ1) is 64.3. The van der Waals surface area contributed by atoms with Gasteiger partial charge in [-0.3, -0.25) is 9.97 Å². The van der Waals surface area contributed by atoms with Crippen LogP contribution in [0.5, 0.6) is 0 Å². The molecule has 0 saturated carbocycles. The second-order valence-electron chi connectivity index (χ2n) is 29.4. The van der Waals surface area contributed by atoms with Crippen LogP contribution >= 0.6 is 0 Å². The summed E-state index contributed by atoms with van der Waals surface area (Å²) in [6.07, 6.45) is 5.58. The quantitative estimate of drug-likeness (QED) is 0.142. The monoisotopic (exact) mass is 1420 g/mol. The smallest absolute Gasteiger partial charge is 0.0794 e. The molecule has 0 N–H and O–H groups in total. The van der Waals surface area contributed by atoms with Crippen molar-refractivity contribution in [2.45, 2.75) is 0 Å². The molecule has 4 aromatic heterocycles. The van der Waals surface area contributed by atoms with Crippen LogP contribution in [0.3, 0.4) is 0 Å². The van der Waals surface area contributed by atoms with Gasteiger partial charge in [-0.2, -0.15) is 0 Å². The van der Waals surface area contributed by atoms with Crippen LogP contribution in [-0.4, -0.2) is 19.9 Å². The average molecular weight is 1420 g/mol. The van der Waals surface area contributed by atoms with Crippen molar-refractivity contribution >= 4 is 140 Å². The Kier molecular flexibility index (Phi) is 15.2. The molecule has 23 aromatic rings. The van der Waals surface area contributed by atoms with Gasteiger partial charge in [0.1, 0.15) is 0 Å². The zero-order chi connectivity index (χ0) is 73.7. The van der Waals surface area contributed by atoms with Gasteiger partial charge >= 0.3 is 0 Å². The zero-order valence-electron chi connectivity index (χ0n) is 60.9. The number of benzene rings is 19. The van der Waals surface area contributed by atoms with E-state index in [2.05, 4.69) is 386 Å². The molecule has 0 amide bonds. The molecular weight excluding hydrogens is 1350 g/mol. The van der Waals surface area contributed by atoms with Crippen molar-refractivity contribution in [3.05, 3.63) is 401 Å². The van der Waals surface area contributed by atoms with Crippen LogP contribution in [0.25, 0.3) is 230 Å². The van der Waals surface area contributed by atoms with Crippen molar-refractivity contribution in [1.29, 1.82) is 0 Å². The Labute approximate surface area is 646 Å². The Morgan fingerprint density at radius 2 is 0.420 bits per heavy atom. The molecule has 518 valence electrons. The van der Waals surface area contributed by atoms with E-state index in [0.717, 1.165) is 82.7 Å². The van der Waals surface area contributed by atoms with Gasteiger partial charge in [-0.25, -0.2) is 9.97 Å². The summed E-state index contributed by atoms with van der Waals surface area (Å²) < 4.78 is 0. The number of rotatable bonds is 8. The van der Waals surface area contributed by atoms with Gasteiger partial charge in [0, 0.05) is 56.6 Å². The maximum absolute atomic E-state index is 5.59. The molecule has 23 rings (SSSR count). The lowest BCUT2D eigenvalue weighted by Gasteiger charge is -2.19. The molecule has 0 bridgehead atoms. The molecule has 0 aliphatic rings. The molecule has 4 nitrogen and oxygen atoms in total. The molecule has 112 heavy (non-hydrogen) atoms. The predicted molar refractivity (Wildman–Crippen MR) is 475 cm³/mol. The van der Waals surface area contributed by atoms with Gasteiger partial charge in [-0.15, -0.1) is 0 Å². The molecule has 0 atom stereocenters. The predicted octanol–water partition coefficient (Wildman–Crippen LogP) is 29.3. The number of hydrogen-bond donors (Lipinski definition) is 0. The van der Waals surface area contributed by atoms with Crippen LogP contribution in [0.15, 0.2) is 401 Å². The van der Waals surface area contributed by atoms with E-state index in [9.17, 15) is 0 Å². The fraction of sp³-hybridized carbons (Fsp3) is 0. The lowest BCUT2D eigenvalue weighted by Crippen LogP contribution is -1.95. The van der Waals surface area contributed by atoms with Gasteiger partial charge < -0.3 is 0 Å². The highest BCUT2D eigenvalue weighted by molar-refractivity contribution is 6.26. The number of nitrogens with zero attached hydrogens (tertiary/aromatic N) is 4. The highest BCUT2D eigenvalue weighted by Crippen LogP contribution is 2.49. The first-order chi connectivity index (χ1) is 55.5. The normalized spacial score (nSPS) is 11.8. The molecule has 0 unspecified atom stereocenters. The third-order valence-electron chi connectivity index (χ3n) is 23.2. The van der Waals surface area contributed by atoms with E-state index in [0.29, 0.717) is 0 Å². The first-order valence-electron chi connectivity index (χ1n) is 38.4. The Bertz CT molecular complexity index is 7800. The van der Waals surface area contributed by atoms with Gasteiger partial charge in [0.05, 0.1) is 27.9 Å². The maximum atomic E-state index is 5.59. The van der Waals surface area contributed by atoms with Crippen LogP contribution in [-0.2, 0) is 0 Å². The number of hydrogen-bond acceptors (Lipinski definition) is 4. The average Bonchev–Trinajstić information content (AvgIpc) is 0.730. The van der Waals surface area contributed by atoms with Gasteiger partial charge in [-0.05, 0) is 237 Å². The first-order valence-corrected chi connectivity index (χ1v) is 38.4. The minimum absolute atomic E-state index is 0.944. The van der Waals surface area contributed by atoms with E-state index in [1.165, 1.54) is 147 Å². The van der Waals surface area contributed by atoms with E-state index in [1.807, 2.05) is 24.7 Å². The van der Waals surface area contributed by atoms with Crippen LogP contribution in [0, 0.1) is 0 Å². The molecule has 0 radical (unpaired) electrons. The number of fused-ring (bicyclic) bond motifs is 19. The number of aromatic nitrogens is 4. The lowest BCUT2D eigenvalue weighted by atomic mass is 9.86. The second kappa shape index (κ2) is 26.5. The molecule has 0 fully saturated rings. The number of para-hydroxylation sites is 1. The summed E-state index contributed by atoms with van der Waals surface area (Å²) in [6, 6.07) is 139. The van der Waals surface area contributed by atoms with Crippen molar-refractivity contribution in [3.63, 3.8) is 0 Å². The standard InChI is InChI=1S/C56H34N2.C52H32N2/c1-3-15-39-37(13-1)31-49(44-19-7-5-17-42(39)44)51-33-53-52(50-32-38-14-2-4-16-40(38)43-18-6-8-20-45(43)50)34-55(58-56(53)48-23-10-9-21-46(48)51)36-27-25-35(26-28-36)41-29-30-57-54-24-12-11-22-47(41)54;1-3-13-38-36(11-1)29-46(42-17-7-5-15-40(38)42)48-31-50-49(47-30-37-12-2-4-14-39(37)41-16-6-8-18-43(41)47)32-51(54-52(50)45-20-10-9-19-44(45)48)35-23-21-33(22-24-35)34-25-27-53-28-26-34/h1-34H;1-32H. The molecule has 0 spiro atoms. The lowest BCUT2D eigenvalue weighted by molar-refractivity contribution is 1.33. The number of pyridine rings is 4. The Hall–Kier alpha value is -14.8. The summed E-state index contributed by atoms with van der Waals surface area (Å²) in [7, 11) is 0. The van der Waals surface area contributed by atoms with Gasteiger partial charge in [0.2, 0.25) is 0 Å². The van der Waals surface area contributed by atoms with E-state index >= 15 is 0 Å². The van der Waals surface area contributed by atoms with Crippen molar-refractivity contribution in [1.82, 2.24) is 19.9 Å². The zero-order valence-corrected chi connectivity index (χ0v) is 60.9. The van der Waals surface area contributed by atoms with Gasteiger partial charge in [0.15, 0.2) is 0 Å². The van der Waals surface area contributed by atoms with Crippen LogP contribution in [0.4, 0.5) is 0 Å².